The van der Waals surface area contributed by atoms with E-state index in [1.807, 2.05) is 35.2 Å². The number of halogens is 1. The average molecular weight is 439 g/mol. The van der Waals surface area contributed by atoms with Gasteiger partial charge in [-0.2, -0.15) is 0 Å². The molecule has 2 fully saturated rings. The maximum atomic E-state index is 13.6. The molecule has 32 heavy (non-hydrogen) atoms. The Labute approximate surface area is 189 Å². The maximum Gasteiger partial charge on any atom is 0.253 e. The van der Waals surface area contributed by atoms with Crippen molar-refractivity contribution in [1.29, 1.82) is 0 Å². The van der Waals surface area contributed by atoms with Gasteiger partial charge in [0.15, 0.2) is 0 Å². The van der Waals surface area contributed by atoms with Gasteiger partial charge in [-0.15, -0.1) is 0 Å². The summed E-state index contributed by atoms with van der Waals surface area (Å²) >= 11 is 0. The fraction of sp³-hybridized carbons (Fsp3) is 0.462. The van der Waals surface area contributed by atoms with Crippen molar-refractivity contribution in [2.75, 3.05) is 32.8 Å². The van der Waals surface area contributed by atoms with Crippen molar-refractivity contribution in [2.24, 2.45) is 5.41 Å². The van der Waals surface area contributed by atoms with Crippen LogP contribution in [-0.4, -0.2) is 54.4 Å². The molecule has 2 aliphatic heterocycles. The third-order valence-corrected chi connectivity index (χ3v) is 6.71. The van der Waals surface area contributed by atoms with Gasteiger partial charge in [-0.25, -0.2) is 4.39 Å². The summed E-state index contributed by atoms with van der Waals surface area (Å²) in [5, 5.41) is 0. The Kier molecular flexibility index (Phi) is 7.08. The van der Waals surface area contributed by atoms with Gasteiger partial charge in [-0.3, -0.25) is 9.59 Å². The first-order valence-corrected chi connectivity index (χ1v) is 11.6. The molecule has 2 aromatic carbocycles. The van der Waals surface area contributed by atoms with Gasteiger partial charge in [0.25, 0.3) is 5.91 Å². The molecular formula is C26H31FN2O3. The van der Waals surface area contributed by atoms with Crippen LogP contribution in [0.2, 0.25) is 0 Å². The average Bonchev–Trinajstić information content (AvgIpc) is 2.84. The van der Waals surface area contributed by atoms with E-state index in [2.05, 4.69) is 0 Å². The van der Waals surface area contributed by atoms with Crippen LogP contribution in [0.1, 0.15) is 48.9 Å². The molecule has 0 N–H and O–H groups in total. The van der Waals surface area contributed by atoms with Gasteiger partial charge in [-0.1, -0.05) is 24.3 Å². The fourth-order valence-corrected chi connectivity index (χ4v) is 4.69. The number of para-hydroxylation sites is 1. The Balaban J connectivity index is 1.44. The molecular weight excluding hydrogens is 407 g/mol. The molecule has 0 spiro atoms. The largest absolute Gasteiger partial charge is 0.493 e. The van der Waals surface area contributed by atoms with E-state index in [9.17, 15) is 14.0 Å². The lowest BCUT2D eigenvalue weighted by atomic mass is 9.75. The zero-order chi connectivity index (χ0) is 22.4. The molecule has 170 valence electrons. The minimum Gasteiger partial charge on any atom is -0.493 e. The molecule has 2 saturated heterocycles. The van der Waals surface area contributed by atoms with Crippen LogP contribution in [-0.2, 0) is 4.79 Å². The van der Waals surface area contributed by atoms with E-state index < -0.39 is 5.82 Å². The van der Waals surface area contributed by atoms with Gasteiger partial charge >= 0.3 is 0 Å². The highest BCUT2D eigenvalue weighted by atomic mass is 19.1. The third-order valence-electron chi connectivity index (χ3n) is 6.71. The van der Waals surface area contributed by atoms with Gasteiger partial charge < -0.3 is 14.5 Å². The van der Waals surface area contributed by atoms with Gasteiger partial charge in [0.05, 0.1) is 6.61 Å². The van der Waals surface area contributed by atoms with E-state index in [-0.39, 0.29) is 17.2 Å². The number of nitrogens with zero attached hydrogens (tertiary/aromatic N) is 2. The number of hydrogen-bond donors (Lipinski definition) is 0. The monoisotopic (exact) mass is 438 g/mol. The Morgan fingerprint density at radius 3 is 2.28 bits per heavy atom. The summed E-state index contributed by atoms with van der Waals surface area (Å²) in [5.74, 6) is 0.400. The Bertz CT molecular complexity index is 920. The summed E-state index contributed by atoms with van der Waals surface area (Å²) in [6.07, 6.45) is 5.11. The maximum absolute atomic E-state index is 13.6. The standard InChI is InChI=1S/C26H31FN2O3/c27-22-9-7-8-21(18-22)25(31)29-16-12-26(13-17-29,20-32-23-10-3-1-4-11-23)19-24(30)28-14-5-2-6-15-28/h1,3-4,7-11,18H,2,5-6,12-17,19-20H2. The molecule has 0 radical (unpaired) electrons. The summed E-state index contributed by atoms with van der Waals surface area (Å²) in [7, 11) is 0. The highest BCUT2D eigenvalue weighted by molar-refractivity contribution is 5.94. The number of hydrogen-bond acceptors (Lipinski definition) is 3. The molecule has 0 atom stereocenters. The summed E-state index contributed by atoms with van der Waals surface area (Å²) < 4.78 is 19.7. The zero-order valence-electron chi connectivity index (χ0n) is 18.5. The number of likely N-dealkylation sites (tertiary alicyclic amines) is 2. The van der Waals surface area contributed by atoms with Gasteiger partial charge in [-0.05, 0) is 62.4 Å². The molecule has 2 aromatic rings. The van der Waals surface area contributed by atoms with Crippen molar-refractivity contribution >= 4 is 11.8 Å². The molecule has 6 heteroatoms. The molecule has 2 heterocycles. The lowest BCUT2D eigenvalue weighted by Gasteiger charge is -2.42. The number of benzene rings is 2. The van der Waals surface area contributed by atoms with Crippen molar-refractivity contribution in [2.45, 2.75) is 38.5 Å². The molecule has 0 bridgehead atoms. The summed E-state index contributed by atoms with van der Waals surface area (Å²) in [5.41, 5.74) is 0.0470. The zero-order valence-corrected chi connectivity index (χ0v) is 18.5. The summed E-state index contributed by atoms with van der Waals surface area (Å²) in [4.78, 5) is 29.7. The van der Waals surface area contributed by atoms with Crippen molar-refractivity contribution < 1.29 is 18.7 Å². The minimum absolute atomic E-state index is 0.163. The van der Waals surface area contributed by atoms with Crippen LogP contribution < -0.4 is 4.74 Å². The Morgan fingerprint density at radius 1 is 0.875 bits per heavy atom. The number of rotatable bonds is 6. The second kappa shape index (κ2) is 10.2. The molecule has 2 aliphatic rings. The fourth-order valence-electron chi connectivity index (χ4n) is 4.69. The molecule has 0 aliphatic carbocycles. The van der Waals surface area contributed by atoms with Crippen LogP contribution in [0, 0.1) is 11.2 Å². The van der Waals surface area contributed by atoms with E-state index in [1.54, 1.807) is 17.0 Å². The molecule has 0 aromatic heterocycles. The van der Waals surface area contributed by atoms with Crippen molar-refractivity contribution in [3.63, 3.8) is 0 Å². The van der Waals surface area contributed by atoms with Gasteiger partial charge in [0.2, 0.25) is 5.91 Å². The number of ether oxygens (including phenoxy) is 1. The first-order valence-electron chi connectivity index (χ1n) is 11.6. The summed E-state index contributed by atoms with van der Waals surface area (Å²) in [6.45, 7) is 3.16. The van der Waals surface area contributed by atoms with Crippen LogP contribution in [0.15, 0.2) is 54.6 Å². The van der Waals surface area contributed by atoms with Crippen LogP contribution in [0.5, 0.6) is 5.75 Å². The second-order valence-electron chi connectivity index (χ2n) is 9.02. The Hall–Kier alpha value is -2.89. The highest BCUT2D eigenvalue weighted by Gasteiger charge is 2.40. The van der Waals surface area contributed by atoms with Crippen molar-refractivity contribution in [3.05, 3.63) is 66.0 Å². The number of piperidine rings is 2. The lowest BCUT2D eigenvalue weighted by molar-refractivity contribution is -0.136. The van der Waals surface area contributed by atoms with Gasteiger partial charge in [0, 0.05) is 43.6 Å². The predicted octanol–water partition coefficient (Wildman–Crippen LogP) is 4.53. The second-order valence-corrected chi connectivity index (χ2v) is 9.02. The topological polar surface area (TPSA) is 49.9 Å². The van der Waals surface area contributed by atoms with E-state index in [0.717, 1.165) is 31.7 Å². The molecule has 0 saturated carbocycles. The first kappa shape index (κ1) is 22.3. The minimum atomic E-state index is -0.411. The number of amides is 2. The highest BCUT2D eigenvalue weighted by Crippen LogP contribution is 2.37. The number of carbonyl (C=O) groups excluding carboxylic acids is 2. The molecule has 4 rings (SSSR count). The first-order chi connectivity index (χ1) is 15.5. The summed E-state index contributed by atoms with van der Waals surface area (Å²) in [6, 6.07) is 15.5. The molecule has 2 amide bonds. The lowest BCUT2D eigenvalue weighted by Crippen LogP contribution is -2.48. The van der Waals surface area contributed by atoms with Crippen molar-refractivity contribution in [1.82, 2.24) is 9.80 Å². The number of carbonyl (C=O) groups is 2. The third kappa shape index (κ3) is 5.47. The normalized spacial score (nSPS) is 18.3. The van der Waals surface area contributed by atoms with E-state index in [0.29, 0.717) is 44.5 Å². The predicted molar refractivity (Wildman–Crippen MR) is 121 cm³/mol. The molecule has 0 unspecified atom stereocenters. The molecule has 5 nitrogen and oxygen atoms in total. The van der Waals surface area contributed by atoms with Crippen LogP contribution in [0.4, 0.5) is 4.39 Å². The Morgan fingerprint density at radius 2 is 1.59 bits per heavy atom. The van der Waals surface area contributed by atoms with Crippen LogP contribution in [0.25, 0.3) is 0 Å². The van der Waals surface area contributed by atoms with E-state index in [1.165, 1.54) is 18.6 Å². The van der Waals surface area contributed by atoms with E-state index in [4.69, 9.17) is 4.74 Å². The SMILES string of the molecule is O=C(CC1(COc2ccccc2)CCN(C(=O)c2cccc(F)c2)CC1)N1CCCCC1. The quantitative estimate of drug-likeness (QED) is 0.666. The van der Waals surface area contributed by atoms with Crippen LogP contribution in [0.3, 0.4) is 0 Å². The van der Waals surface area contributed by atoms with Crippen LogP contribution >= 0.6 is 0 Å². The van der Waals surface area contributed by atoms with Gasteiger partial charge in [0.1, 0.15) is 11.6 Å². The van der Waals surface area contributed by atoms with Crippen molar-refractivity contribution in [3.8, 4) is 5.75 Å². The smallest absolute Gasteiger partial charge is 0.253 e. The van der Waals surface area contributed by atoms with E-state index >= 15 is 0 Å².